The van der Waals surface area contributed by atoms with E-state index in [2.05, 4.69) is 9.97 Å². The van der Waals surface area contributed by atoms with Gasteiger partial charge in [-0.3, -0.25) is 19.6 Å². The van der Waals surface area contributed by atoms with Crippen LogP contribution < -0.4 is 5.43 Å². The second-order valence-corrected chi connectivity index (χ2v) is 9.45. The summed E-state index contributed by atoms with van der Waals surface area (Å²) in [6.07, 6.45) is 0.755. The van der Waals surface area contributed by atoms with Gasteiger partial charge in [0.25, 0.3) is 0 Å². The molecule has 0 saturated heterocycles. The normalized spacial score (nSPS) is 20.3. The molecular weight excluding hydrogens is 450 g/mol. The number of ketones is 1. The monoisotopic (exact) mass is 473 g/mol. The molecule has 0 radical (unpaired) electrons. The summed E-state index contributed by atoms with van der Waals surface area (Å²) in [5, 5.41) is 0.180. The lowest BCUT2D eigenvalue weighted by atomic mass is 9.78. The van der Waals surface area contributed by atoms with Gasteiger partial charge in [-0.2, -0.15) is 0 Å². The molecule has 2 aliphatic carbocycles. The maximum absolute atomic E-state index is 13.8. The molecule has 2 fully saturated rings. The zero-order valence-corrected chi connectivity index (χ0v) is 18.5. The molecule has 0 amide bonds. The number of Topliss-reactive ketones (excluding diaryl/α,β-unsaturated/α-hetero) is 1. The summed E-state index contributed by atoms with van der Waals surface area (Å²) in [5.41, 5.74) is 2.16. The zero-order valence-electron chi connectivity index (χ0n) is 18.5. The molecule has 1 N–H and O–H groups in total. The van der Waals surface area contributed by atoms with Crippen molar-refractivity contribution in [1.82, 2.24) is 15.0 Å². The molecule has 0 spiro atoms. The molecule has 9 heteroatoms. The van der Waals surface area contributed by atoms with Crippen LogP contribution >= 0.6 is 0 Å². The summed E-state index contributed by atoms with van der Waals surface area (Å²) >= 11 is 0. The van der Waals surface area contributed by atoms with Gasteiger partial charge in [0.15, 0.2) is 11.2 Å². The molecule has 34 heavy (non-hydrogen) atoms. The number of hydrogen-bond donors (Lipinski definition) is 1. The molecule has 0 bridgehead atoms. The molecule has 3 aromatic rings. The number of carbonyl (C=O) groups is 1. The number of pyridine rings is 3. The Balaban J connectivity index is 1.61. The number of carbonyl (C=O) groups excluding carboxylic acids is 1. The first-order chi connectivity index (χ1) is 16.0. The molecule has 3 heterocycles. The molecule has 0 atom stereocenters. The summed E-state index contributed by atoms with van der Waals surface area (Å²) in [6.45, 7) is 1.33. The Labute approximate surface area is 192 Å². The van der Waals surface area contributed by atoms with Crippen molar-refractivity contribution in [2.75, 3.05) is 0 Å². The van der Waals surface area contributed by atoms with Crippen molar-refractivity contribution in [3.05, 3.63) is 57.8 Å². The van der Waals surface area contributed by atoms with Gasteiger partial charge in [0, 0.05) is 68.0 Å². The minimum atomic E-state index is -2.72. The van der Waals surface area contributed by atoms with E-state index in [9.17, 15) is 27.2 Å². The number of fused-ring (bicyclic) bond motifs is 1. The second kappa shape index (κ2) is 7.99. The molecule has 178 valence electrons. The fraction of sp³-hybridized carbons (Fsp3) is 0.440. The van der Waals surface area contributed by atoms with Crippen LogP contribution in [0.4, 0.5) is 17.6 Å². The van der Waals surface area contributed by atoms with E-state index in [4.69, 9.17) is 4.98 Å². The largest absolute Gasteiger partial charge is 0.354 e. The Morgan fingerprint density at radius 3 is 2.38 bits per heavy atom. The number of H-pyrrole nitrogens is 1. The number of nitrogens with zero attached hydrogens (tertiary/aromatic N) is 2. The molecule has 5 rings (SSSR count). The van der Waals surface area contributed by atoms with Gasteiger partial charge < -0.3 is 4.98 Å². The number of aromatic nitrogens is 3. The first-order valence-electron chi connectivity index (χ1n) is 11.3. The lowest BCUT2D eigenvalue weighted by Gasteiger charge is -2.35. The highest BCUT2D eigenvalue weighted by Gasteiger charge is 2.47. The van der Waals surface area contributed by atoms with Gasteiger partial charge in [-0.05, 0) is 31.0 Å². The first-order valence-corrected chi connectivity index (χ1v) is 11.3. The van der Waals surface area contributed by atoms with E-state index in [1.54, 1.807) is 18.2 Å². The van der Waals surface area contributed by atoms with Gasteiger partial charge in [-0.15, -0.1) is 0 Å². The lowest BCUT2D eigenvalue weighted by molar-refractivity contribution is -0.0877. The maximum Gasteiger partial charge on any atom is 0.249 e. The van der Waals surface area contributed by atoms with Crippen molar-refractivity contribution in [2.45, 2.75) is 69.1 Å². The minimum absolute atomic E-state index is 0.0689. The third kappa shape index (κ3) is 4.12. The standard InChI is InChI=1S/C25H23F4N3O2/c1-13(33)22-21-18(6-9-30-22)31-19(10-20(21)34)16-2-3-17(15-11-25(28,29)12-15)32-23(16)14-4-7-24(26,27)8-5-14/h2-3,6,9-10,14-15H,4-5,7-8,11-12H2,1H3,(H,31,34). The minimum Gasteiger partial charge on any atom is -0.354 e. The van der Waals surface area contributed by atoms with E-state index < -0.39 is 17.3 Å². The summed E-state index contributed by atoms with van der Waals surface area (Å²) in [5.74, 6) is -6.43. The quantitative estimate of drug-likeness (QED) is 0.373. The Bertz CT molecular complexity index is 1330. The molecule has 2 aliphatic rings. The van der Waals surface area contributed by atoms with Crippen LogP contribution in [-0.4, -0.2) is 32.6 Å². The van der Waals surface area contributed by atoms with Crippen LogP contribution in [0.1, 0.15) is 79.2 Å². The molecule has 0 aromatic carbocycles. The number of hydrogen-bond acceptors (Lipinski definition) is 4. The van der Waals surface area contributed by atoms with Crippen LogP contribution in [0.5, 0.6) is 0 Å². The van der Waals surface area contributed by atoms with Gasteiger partial charge in [0.1, 0.15) is 5.69 Å². The van der Waals surface area contributed by atoms with Crippen LogP contribution in [-0.2, 0) is 0 Å². The van der Waals surface area contributed by atoms with E-state index in [0.717, 1.165) is 0 Å². The van der Waals surface area contributed by atoms with Crippen LogP contribution in [0.25, 0.3) is 22.2 Å². The molecular formula is C25H23F4N3O2. The fourth-order valence-electron chi connectivity index (χ4n) is 5.05. The second-order valence-electron chi connectivity index (χ2n) is 9.45. The number of halogens is 4. The first kappa shape index (κ1) is 22.7. The Morgan fingerprint density at radius 1 is 1.03 bits per heavy atom. The summed E-state index contributed by atoms with van der Waals surface area (Å²) < 4.78 is 54.6. The summed E-state index contributed by atoms with van der Waals surface area (Å²) in [7, 11) is 0. The highest BCUT2D eigenvalue weighted by atomic mass is 19.3. The number of aromatic amines is 1. The number of nitrogens with one attached hydrogen (secondary N) is 1. The van der Waals surface area contributed by atoms with Crippen LogP contribution in [0.2, 0.25) is 0 Å². The van der Waals surface area contributed by atoms with Crippen LogP contribution in [0.15, 0.2) is 35.3 Å². The van der Waals surface area contributed by atoms with Gasteiger partial charge in [-0.25, -0.2) is 17.6 Å². The Morgan fingerprint density at radius 2 is 1.74 bits per heavy atom. The van der Waals surface area contributed by atoms with Crippen molar-refractivity contribution in [3.8, 4) is 11.3 Å². The third-order valence-electron chi connectivity index (χ3n) is 6.92. The van der Waals surface area contributed by atoms with Crippen LogP contribution in [0, 0.1) is 0 Å². The Kier molecular flexibility index (Phi) is 5.33. The van der Waals surface area contributed by atoms with E-state index in [-0.39, 0.29) is 67.2 Å². The predicted octanol–water partition coefficient (Wildman–Crippen LogP) is 5.99. The highest BCUT2D eigenvalue weighted by Crippen LogP contribution is 2.49. The third-order valence-corrected chi connectivity index (χ3v) is 6.92. The number of alkyl halides is 4. The summed E-state index contributed by atoms with van der Waals surface area (Å²) in [6, 6.07) is 6.34. The van der Waals surface area contributed by atoms with Gasteiger partial charge >= 0.3 is 0 Å². The smallest absolute Gasteiger partial charge is 0.249 e. The molecule has 0 aliphatic heterocycles. The van der Waals surface area contributed by atoms with Crippen molar-refractivity contribution >= 4 is 16.7 Å². The van der Waals surface area contributed by atoms with Crippen molar-refractivity contribution in [3.63, 3.8) is 0 Å². The SMILES string of the molecule is CC(=O)c1nccc2[nH]c(-c3ccc(C4CC(F)(F)C4)nc3C3CCC(F)(F)CC3)cc(=O)c12. The van der Waals surface area contributed by atoms with Crippen LogP contribution in [0.3, 0.4) is 0 Å². The van der Waals surface area contributed by atoms with Gasteiger partial charge in [0.2, 0.25) is 11.8 Å². The fourth-order valence-corrected chi connectivity index (χ4v) is 5.05. The number of rotatable bonds is 4. The van der Waals surface area contributed by atoms with E-state index >= 15 is 0 Å². The van der Waals surface area contributed by atoms with Crippen molar-refractivity contribution in [1.29, 1.82) is 0 Å². The average molecular weight is 473 g/mol. The van der Waals surface area contributed by atoms with Crippen molar-refractivity contribution < 1.29 is 22.4 Å². The van der Waals surface area contributed by atoms with Gasteiger partial charge in [0.05, 0.1) is 22.3 Å². The van der Waals surface area contributed by atoms with E-state index in [0.29, 0.717) is 28.2 Å². The van der Waals surface area contributed by atoms with Gasteiger partial charge in [-0.1, -0.05) is 0 Å². The molecule has 0 unspecified atom stereocenters. The Hall–Kier alpha value is -3.10. The molecule has 5 nitrogen and oxygen atoms in total. The highest BCUT2D eigenvalue weighted by molar-refractivity contribution is 6.04. The predicted molar refractivity (Wildman–Crippen MR) is 119 cm³/mol. The maximum atomic E-state index is 13.8. The lowest BCUT2D eigenvalue weighted by Crippen LogP contribution is -2.34. The zero-order chi connectivity index (χ0) is 24.3. The van der Waals surface area contributed by atoms with E-state index in [1.807, 2.05) is 0 Å². The summed E-state index contributed by atoms with van der Waals surface area (Å²) in [4.78, 5) is 36.8. The van der Waals surface area contributed by atoms with Crippen molar-refractivity contribution in [2.24, 2.45) is 0 Å². The molecule has 2 saturated carbocycles. The molecule has 3 aromatic heterocycles. The van der Waals surface area contributed by atoms with E-state index in [1.165, 1.54) is 19.2 Å². The average Bonchev–Trinajstić information content (AvgIpc) is 2.76. The topological polar surface area (TPSA) is 75.7 Å².